The van der Waals surface area contributed by atoms with Gasteiger partial charge in [-0.25, -0.2) is 9.97 Å². The number of nitrogens with zero attached hydrogens (tertiary/aromatic N) is 3. The molecule has 2 aromatic rings. The average Bonchev–Trinajstić information content (AvgIpc) is 2.46. The molecule has 0 radical (unpaired) electrons. The molecule has 0 aromatic carbocycles. The van der Waals surface area contributed by atoms with Crippen LogP contribution in [0, 0.1) is 0 Å². The SMILES string of the molecule is CCCNc1cc(Cc2ccccn2)nc(COC)n1. The minimum absolute atomic E-state index is 0.414. The van der Waals surface area contributed by atoms with Gasteiger partial charge in [-0.05, 0) is 18.6 Å². The number of ether oxygens (including phenoxy) is 1. The Hall–Kier alpha value is -2.01. The molecule has 0 bridgehead atoms. The van der Waals surface area contributed by atoms with Crippen molar-refractivity contribution in [3.8, 4) is 0 Å². The first-order valence-electron chi connectivity index (χ1n) is 6.81. The largest absolute Gasteiger partial charge is 0.377 e. The average molecular weight is 272 g/mol. The molecule has 2 aromatic heterocycles. The summed E-state index contributed by atoms with van der Waals surface area (Å²) in [6.45, 7) is 3.43. The van der Waals surface area contributed by atoms with Gasteiger partial charge < -0.3 is 10.1 Å². The van der Waals surface area contributed by atoms with Crippen molar-refractivity contribution < 1.29 is 4.74 Å². The summed E-state index contributed by atoms with van der Waals surface area (Å²) in [5.41, 5.74) is 1.94. The second kappa shape index (κ2) is 7.55. The Labute approximate surface area is 119 Å². The zero-order chi connectivity index (χ0) is 14.2. The highest BCUT2D eigenvalue weighted by Gasteiger charge is 2.06. The topological polar surface area (TPSA) is 59.9 Å². The quantitative estimate of drug-likeness (QED) is 0.839. The highest BCUT2D eigenvalue weighted by atomic mass is 16.5. The zero-order valence-electron chi connectivity index (χ0n) is 12.0. The lowest BCUT2D eigenvalue weighted by Crippen LogP contribution is -2.08. The van der Waals surface area contributed by atoms with Gasteiger partial charge >= 0.3 is 0 Å². The Morgan fingerprint density at radius 3 is 2.80 bits per heavy atom. The summed E-state index contributed by atoms with van der Waals surface area (Å²) in [6, 6.07) is 7.87. The fraction of sp³-hybridized carbons (Fsp3) is 0.400. The van der Waals surface area contributed by atoms with Crippen LogP contribution in [0.2, 0.25) is 0 Å². The molecule has 0 atom stereocenters. The first-order chi connectivity index (χ1) is 9.81. The van der Waals surface area contributed by atoms with Gasteiger partial charge in [-0.2, -0.15) is 0 Å². The first-order valence-corrected chi connectivity index (χ1v) is 6.81. The van der Waals surface area contributed by atoms with Crippen molar-refractivity contribution in [2.75, 3.05) is 19.0 Å². The van der Waals surface area contributed by atoms with E-state index in [1.807, 2.05) is 24.3 Å². The molecular formula is C15H20N4O. The van der Waals surface area contributed by atoms with E-state index in [0.717, 1.165) is 30.2 Å². The molecule has 2 heterocycles. The number of hydrogen-bond acceptors (Lipinski definition) is 5. The second-order valence-corrected chi connectivity index (χ2v) is 4.52. The number of hydrogen-bond donors (Lipinski definition) is 1. The summed E-state index contributed by atoms with van der Waals surface area (Å²) >= 11 is 0. The van der Waals surface area contributed by atoms with Crippen LogP contribution in [-0.2, 0) is 17.8 Å². The lowest BCUT2D eigenvalue weighted by atomic mass is 10.2. The van der Waals surface area contributed by atoms with Gasteiger partial charge in [0.25, 0.3) is 0 Å². The van der Waals surface area contributed by atoms with Crippen molar-refractivity contribution in [1.82, 2.24) is 15.0 Å². The predicted octanol–water partition coefficient (Wildman–Crippen LogP) is 2.43. The number of rotatable bonds is 7. The molecule has 106 valence electrons. The van der Waals surface area contributed by atoms with Gasteiger partial charge in [0.1, 0.15) is 12.4 Å². The van der Waals surface area contributed by atoms with Crippen LogP contribution in [-0.4, -0.2) is 28.6 Å². The van der Waals surface area contributed by atoms with Gasteiger partial charge in [-0.15, -0.1) is 0 Å². The van der Waals surface area contributed by atoms with Gasteiger partial charge in [-0.1, -0.05) is 13.0 Å². The fourth-order valence-corrected chi connectivity index (χ4v) is 1.87. The Balaban J connectivity index is 2.19. The zero-order valence-corrected chi connectivity index (χ0v) is 12.0. The third-order valence-corrected chi connectivity index (χ3v) is 2.74. The van der Waals surface area contributed by atoms with Crippen LogP contribution in [0.15, 0.2) is 30.5 Å². The number of aromatic nitrogens is 3. The van der Waals surface area contributed by atoms with E-state index in [1.165, 1.54) is 0 Å². The van der Waals surface area contributed by atoms with E-state index in [9.17, 15) is 0 Å². The summed E-state index contributed by atoms with van der Waals surface area (Å²) in [5.74, 6) is 1.54. The van der Waals surface area contributed by atoms with Crippen molar-refractivity contribution in [2.45, 2.75) is 26.4 Å². The summed E-state index contributed by atoms with van der Waals surface area (Å²) in [6.07, 6.45) is 3.54. The smallest absolute Gasteiger partial charge is 0.156 e. The molecule has 0 aliphatic rings. The van der Waals surface area contributed by atoms with Crippen LogP contribution in [0.5, 0.6) is 0 Å². The van der Waals surface area contributed by atoms with Crippen LogP contribution in [0.25, 0.3) is 0 Å². The maximum atomic E-state index is 5.12. The van der Waals surface area contributed by atoms with Gasteiger partial charge in [0.2, 0.25) is 0 Å². The predicted molar refractivity (Wildman–Crippen MR) is 78.6 cm³/mol. The highest BCUT2D eigenvalue weighted by molar-refractivity contribution is 5.37. The molecule has 0 spiro atoms. The highest BCUT2D eigenvalue weighted by Crippen LogP contribution is 2.11. The summed E-state index contributed by atoms with van der Waals surface area (Å²) < 4.78 is 5.12. The molecule has 0 saturated heterocycles. The van der Waals surface area contributed by atoms with Crippen LogP contribution in [0.1, 0.15) is 30.6 Å². The van der Waals surface area contributed by atoms with Gasteiger partial charge in [0.05, 0.1) is 5.69 Å². The maximum Gasteiger partial charge on any atom is 0.156 e. The van der Waals surface area contributed by atoms with E-state index in [2.05, 4.69) is 27.2 Å². The fourth-order valence-electron chi connectivity index (χ4n) is 1.87. The van der Waals surface area contributed by atoms with Crippen molar-refractivity contribution in [3.05, 3.63) is 47.7 Å². The van der Waals surface area contributed by atoms with E-state index in [1.54, 1.807) is 13.3 Å². The molecule has 5 nitrogen and oxygen atoms in total. The molecule has 2 rings (SSSR count). The van der Waals surface area contributed by atoms with E-state index in [-0.39, 0.29) is 0 Å². The summed E-state index contributed by atoms with van der Waals surface area (Å²) in [5, 5.41) is 3.29. The number of pyridine rings is 1. The number of nitrogens with one attached hydrogen (secondary N) is 1. The maximum absolute atomic E-state index is 5.12. The van der Waals surface area contributed by atoms with Crippen molar-refractivity contribution in [1.29, 1.82) is 0 Å². The Morgan fingerprint density at radius 1 is 1.20 bits per heavy atom. The van der Waals surface area contributed by atoms with E-state index in [4.69, 9.17) is 4.74 Å². The van der Waals surface area contributed by atoms with Crippen molar-refractivity contribution >= 4 is 5.82 Å². The van der Waals surface area contributed by atoms with Crippen LogP contribution in [0.3, 0.4) is 0 Å². The lowest BCUT2D eigenvalue weighted by molar-refractivity contribution is 0.177. The second-order valence-electron chi connectivity index (χ2n) is 4.52. The van der Waals surface area contributed by atoms with E-state index in [0.29, 0.717) is 18.9 Å². The molecule has 0 fully saturated rings. The minimum Gasteiger partial charge on any atom is -0.377 e. The molecule has 1 N–H and O–H groups in total. The molecule has 0 amide bonds. The minimum atomic E-state index is 0.414. The summed E-state index contributed by atoms with van der Waals surface area (Å²) in [7, 11) is 1.65. The van der Waals surface area contributed by atoms with Crippen LogP contribution < -0.4 is 5.32 Å². The van der Waals surface area contributed by atoms with Gasteiger partial charge in [-0.3, -0.25) is 4.98 Å². The third-order valence-electron chi connectivity index (χ3n) is 2.74. The first kappa shape index (κ1) is 14.4. The number of anilines is 1. The Kier molecular flexibility index (Phi) is 5.43. The van der Waals surface area contributed by atoms with Crippen molar-refractivity contribution in [2.24, 2.45) is 0 Å². The van der Waals surface area contributed by atoms with Crippen LogP contribution >= 0.6 is 0 Å². The Bertz CT molecular complexity index is 531. The third kappa shape index (κ3) is 4.28. The lowest BCUT2D eigenvalue weighted by Gasteiger charge is -2.09. The summed E-state index contributed by atoms with van der Waals surface area (Å²) in [4.78, 5) is 13.3. The monoisotopic (exact) mass is 272 g/mol. The Morgan fingerprint density at radius 2 is 2.10 bits per heavy atom. The molecular weight excluding hydrogens is 252 g/mol. The standard InChI is InChI=1S/C15H20N4O/c1-3-7-17-14-10-13(18-15(19-14)11-20-2)9-12-6-4-5-8-16-12/h4-6,8,10H,3,7,9,11H2,1-2H3,(H,17,18,19). The molecule has 0 saturated carbocycles. The van der Waals surface area contributed by atoms with Crippen molar-refractivity contribution in [3.63, 3.8) is 0 Å². The van der Waals surface area contributed by atoms with Crippen LogP contribution in [0.4, 0.5) is 5.82 Å². The molecule has 20 heavy (non-hydrogen) atoms. The number of methoxy groups -OCH3 is 1. The van der Waals surface area contributed by atoms with Gasteiger partial charge in [0, 0.05) is 38.0 Å². The molecule has 0 unspecified atom stereocenters. The molecule has 5 heteroatoms. The van der Waals surface area contributed by atoms with Gasteiger partial charge in [0.15, 0.2) is 5.82 Å². The normalized spacial score (nSPS) is 10.5. The molecule has 0 aliphatic heterocycles. The molecule has 0 aliphatic carbocycles. The van der Waals surface area contributed by atoms with E-state index >= 15 is 0 Å². The van der Waals surface area contributed by atoms with E-state index < -0.39 is 0 Å².